The van der Waals surface area contributed by atoms with Crippen LogP contribution in [0.4, 0.5) is 4.39 Å². The van der Waals surface area contributed by atoms with Gasteiger partial charge in [0.15, 0.2) is 0 Å². The molecule has 3 nitrogen and oxygen atoms in total. The second kappa shape index (κ2) is 4.22. The van der Waals surface area contributed by atoms with Crippen LogP contribution in [0.15, 0.2) is 24.3 Å². The summed E-state index contributed by atoms with van der Waals surface area (Å²) in [4.78, 5) is 11.8. The molecule has 1 fully saturated rings. The van der Waals surface area contributed by atoms with Gasteiger partial charge in [-0.25, -0.2) is 4.39 Å². The van der Waals surface area contributed by atoms with Crippen molar-refractivity contribution in [1.29, 1.82) is 0 Å². The Balaban J connectivity index is 2.05. The van der Waals surface area contributed by atoms with Gasteiger partial charge in [-0.05, 0) is 37.6 Å². The lowest BCUT2D eigenvalue weighted by Crippen LogP contribution is -2.46. The number of rotatable bonds is 2. The van der Waals surface area contributed by atoms with Gasteiger partial charge in [0.2, 0.25) is 0 Å². The number of benzene rings is 1. The maximum absolute atomic E-state index is 12.7. The number of amides is 1. The molecule has 0 radical (unpaired) electrons. The first-order valence-electron chi connectivity index (χ1n) is 5.25. The topological polar surface area (TPSA) is 38.3 Å². The summed E-state index contributed by atoms with van der Waals surface area (Å²) in [6, 6.07) is 5.51. The highest BCUT2D eigenvalue weighted by molar-refractivity contribution is 5.94. The summed E-state index contributed by atoms with van der Waals surface area (Å²) in [7, 11) is 0. The number of hydrogen-bond acceptors (Lipinski definition) is 2. The Morgan fingerprint density at radius 2 is 2.12 bits per heavy atom. The Labute approximate surface area is 93.6 Å². The van der Waals surface area contributed by atoms with E-state index in [0.29, 0.717) is 18.8 Å². The second-order valence-corrected chi connectivity index (χ2v) is 4.32. The predicted octanol–water partition coefficient (Wildman–Crippen LogP) is 1.73. The number of hydrogen-bond donors (Lipinski definition) is 1. The molecule has 1 aliphatic rings. The zero-order valence-electron chi connectivity index (χ0n) is 9.13. The van der Waals surface area contributed by atoms with Crippen LogP contribution in [-0.4, -0.2) is 24.7 Å². The molecule has 2 rings (SSSR count). The molecule has 0 aliphatic carbocycles. The van der Waals surface area contributed by atoms with Crippen LogP contribution in [0.25, 0.3) is 0 Å². The van der Waals surface area contributed by atoms with Crippen LogP contribution >= 0.6 is 0 Å². The molecular formula is C12H14FNO2. The third-order valence-electron chi connectivity index (χ3n) is 2.74. The summed E-state index contributed by atoms with van der Waals surface area (Å²) in [6.07, 6.45) is 0.805. The normalized spacial score (nSPS) is 24.4. The van der Waals surface area contributed by atoms with Crippen molar-refractivity contribution in [3.05, 3.63) is 35.6 Å². The minimum Gasteiger partial charge on any atom is -0.379 e. The van der Waals surface area contributed by atoms with E-state index in [1.165, 1.54) is 24.3 Å². The smallest absolute Gasteiger partial charge is 0.251 e. The maximum Gasteiger partial charge on any atom is 0.251 e. The molecule has 1 atom stereocenters. The van der Waals surface area contributed by atoms with E-state index in [-0.39, 0.29) is 17.3 Å². The molecule has 1 aromatic rings. The van der Waals surface area contributed by atoms with Gasteiger partial charge in [-0.15, -0.1) is 0 Å². The Morgan fingerprint density at radius 3 is 2.69 bits per heavy atom. The molecule has 1 unspecified atom stereocenters. The first-order valence-corrected chi connectivity index (χ1v) is 5.25. The minimum absolute atomic E-state index is 0.187. The van der Waals surface area contributed by atoms with Crippen LogP contribution in [-0.2, 0) is 4.74 Å². The molecule has 86 valence electrons. The fourth-order valence-corrected chi connectivity index (χ4v) is 1.71. The van der Waals surface area contributed by atoms with Crippen molar-refractivity contribution in [1.82, 2.24) is 5.32 Å². The molecular weight excluding hydrogens is 209 g/mol. The van der Waals surface area contributed by atoms with Crippen molar-refractivity contribution in [3.8, 4) is 0 Å². The molecule has 0 saturated carbocycles. The first-order chi connectivity index (χ1) is 7.59. The van der Waals surface area contributed by atoms with Crippen molar-refractivity contribution in [3.63, 3.8) is 0 Å². The maximum atomic E-state index is 12.7. The monoisotopic (exact) mass is 223 g/mol. The van der Waals surface area contributed by atoms with E-state index in [1.807, 2.05) is 6.92 Å². The molecule has 1 aliphatic heterocycles. The highest BCUT2D eigenvalue weighted by Crippen LogP contribution is 2.18. The predicted molar refractivity (Wildman–Crippen MR) is 57.7 cm³/mol. The Kier molecular flexibility index (Phi) is 2.92. The van der Waals surface area contributed by atoms with Crippen LogP contribution in [0.2, 0.25) is 0 Å². The highest BCUT2D eigenvalue weighted by Gasteiger charge is 2.31. The fraction of sp³-hybridized carbons (Fsp3) is 0.417. The minimum atomic E-state index is -0.341. The standard InChI is InChI=1S/C12H14FNO2/c1-12(6-7-16-8-12)14-11(15)9-2-4-10(13)5-3-9/h2-5H,6-8H2,1H3,(H,14,15). The SMILES string of the molecule is CC1(NC(=O)c2ccc(F)cc2)CCOC1. The fourth-order valence-electron chi connectivity index (χ4n) is 1.71. The molecule has 1 N–H and O–H groups in total. The van der Waals surface area contributed by atoms with Gasteiger partial charge in [0.25, 0.3) is 5.91 Å². The number of carbonyl (C=O) groups is 1. The molecule has 1 heterocycles. The summed E-state index contributed by atoms with van der Waals surface area (Å²) >= 11 is 0. The zero-order chi connectivity index (χ0) is 11.6. The highest BCUT2D eigenvalue weighted by atomic mass is 19.1. The van der Waals surface area contributed by atoms with E-state index < -0.39 is 0 Å². The quantitative estimate of drug-likeness (QED) is 0.829. The van der Waals surface area contributed by atoms with Crippen molar-refractivity contribution >= 4 is 5.91 Å². The lowest BCUT2D eigenvalue weighted by molar-refractivity contribution is 0.0890. The average molecular weight is 223 g/mol. The van der Waals surface area contributed by atoms with Crippen molar-refractivity contribution in [2.45, 2.75) is 18.9 Å². The molecule has 0 spiro atoms. The molecule has 16 heavy (non-hydrogen) atoms. The lowest BCUT2D eigenvalue weighted by Gasteiger charge is -2.23. The first kappa shape index (κ1) is 11.1. The molecule has 1 saturated heterocycles. The van der Waals surface area contributed by atoms with Gasteiger partial charge in [-0.2, -0.15) is 0 Å². The van der Waals surface area contributed by atoms with Gasteiger partial charge in [-0.1, -0.05) is 0 Å². The van der Waals surface area contributed by atoms with E-state index in [4.69, 9.17) is 4.74 Å². The van der Waals surface area contributed by atoms with E-state index in [1.54, 1.807) is 0 Å². The summed E-state index contributed by atoms with van der Waals surface area (Å²) < 4.78 is 17.9. The summed E-state index contributed by atoms with van der Waals surface area (Å²) in [5.74, 6) is -0.528. The molecule has 0 bridgehead atoms. The van der Waals surface area contributed by atoms with E-state index in [0.717, 1.165) is 6.42 Å². The van der Waals surface area contributed by atoms with E-state index >= 15 is 0 Å². The molecule has 4 heteroatoms. The van der Waals surface area contributed by atoms with Gasteiger partial charge < -0.3 is 10.1 Å². The van der Waals surface area contributed by atoms with Gasteiger partial charge in [-0.3, -0.25) is 4.79 Å². The van der Waals surface area contributed by atoms with Crippen LogP contribution in [0.5, 0.6) is 0 Å². The lowest BCUT2D eigenvalue weighted by atomic mass is 10.0. The van der Waals surface area contributed by atoms with E-state index in [9.17, 15) is 9.18 Å². The van der Waals surface area contributed by atoms with Gasteiger partial charge in [0.05, 0.1) is 12.1 Å². The largest absolute Gasteiger partial charge is 0.379 e. The Hall–Kier alpha value is -1.42. The summed E-state index contributed by atoms with van der Waals surface area (Å²) in [5.41, 5.74) is 0.167. The number of ether oxygens (including phenoxy) is 1. The average Bonchev–Trinajstić information content (AvgIpc) is 2.65. The third kappa shape index (κ3) is 2.39. The van der Waals surface area contributed by atoms with E-state index in [2.05, 4.69) is 5.32 Å². The Bertz CT molecular complexity index is 383. The van der Waals surface area contributed by atoms with Gasteiger partial charge in [0, 0.05) is 12.2 Å². The van der Waals surface area contributed by atoms with Crippen molar-refractivity contribution < 1.29 is 13.9 Å². The Morgan fingerprint density at radius 1 is 1.44 bits per heavy atom. The number of carbonyl (C=O) groups excluding carboxylic acids is 1. The van der Waals surface area contributed by atoms with Crippen LogP contribution in [0.3, 0.4) is 0 Å². The van der Waals surface area contributed by atoms with Gasteiger partial charge >= 0.3 is 0 Å². The number of nitrogens with one attached hydrogen (secondary N) is 1. The molecule has 1 amide bonds. The van der Waals surface area contributed by atoms with Crippen molar-refractivity contribution in [2.75, 3.05) is 13.2 Å². The second-order valence-electron chi connectivity index (χ2n) is 4.32. The van der Waals surface area contributed by atoms with Crippen molar-refractivity contribution in [2.24, 2.45) is 0 Å². The molecule has 0 aromatic heterocycles. The summed E-state index contributed by atoms with van der Waals surface area (Å²) in [5, 5.41) is 2.90. The van der Waals surface area contributed by atoms with Crippen LogP contribution in [0, 0.1) is 5.82 Å². The molecule has 1 aromatic carbocycles. The van der Waals surface area contributed by atoms with Gasteiger partial charge in [0.1, 0.15) is 5.82 Å². The number of halogens is 1. The van der Waals surface area contributed by atoms with Crippen LogP contribution < -0.4 is 5.32 Å². The third-order valence-corrected chi connectivity index (χ3v) is 2.74. The van der Waals surface area contributed by atoms with Crippen LogP contribution in [0.1, 0.15) is 23.7 Å². The summed E-state index contributed by atoms with van der Waals surface area (Å²) in [6.45, 7) is 3.14. The zero-order valence-corrected chi connectivity index (χ0v) is 9.13.